The summed E-state index contributed by atoms with van der Waals surface area (Å²) in [5.74, 6) is 2.54. The van der Waals surface area contributed by atoms with Crippen LogP contribution in [0.4, 0.5) is 0 Å². The first-order valence-electron chi connectivity index (χ1n) is 5.89. The van der Waals surface area contributed by atoms with Gasteiger partial charge in [-0.1, -0.05) is 20.3 Å². The second kappa shape index (κ2) is 5.72. The molecule has 0 heterocycles. The van der Waals surface area contributed by atoms with Crippen molar-refractivity contribution in [3.05, 3.63) is 0 Å². The SMILES string of the molecule is CC1CCC(CCOC(C)O)C(C)C1. The van der Waals surface area contributed by atoms with Gasteiger partial charge < -0.3 is 9.84 Å². The molecule has 4 unspecified atom stereocenters. The molecule has 84 valence electrons. The summed E-state index contributed by atoms with van der Waals surface area (Å²) in [5, 5.41) is 8.97. The molecule has 0 spiro atoms. The predicted octanol–water partition coefficient (Wildman–Crippen LogP) is 2.80. The number of ether oxygens (including phenoxy) is 1. The summed E-state index contributed by atoms with van der Waals surface area (Å²) in [6.45, 7) is 7.08. The van der Waals surface area contributed by atoms with Gasteiger partial charge in [-0.2, -0.15) is 0 Å². The van der Waals surface area contributed by atoms with E-state index in [2.05, 4.69) is 13.8 Å². The van der Waals surface area contributed by atoms with E-state index in [0.29, 0.717) is 6.61 Å². The van der Waals surface area contributed by atoms with Crippen LogP contribution in [0.5, 0.6) is 0 Å². The van der Waals surface area contributed by atoms with Crippen LogP contribution in [0.1, 0.15) is 46.5 Å². The van der Waals surface area contributed by atoms with Gasteiger partial charge in [-0.15, -0.1) is 0 Å². The fourth-order valence-corrected chi connectivity index (χ4v) is 2.55. The van der Waals surface area contributed by atoms with Crippen LogP contribution in [0.2, 0.25) is 0 Å². The van der Waals surface area contributed by atoms with E-state index >= 15 is 0 Å². The Hall–Kier alpha value is -0.0800. The van der Waals surface area contributed by atoms with E-state index in [1.54, 1.807) is 6.92 Å². The molecular weight excluding hydrogens is 176 g/mol. The Balaban J connectivity index is 2.17. The van der Waals surface area contributed by atoms with Crippen molar-refractivity contribution in [2.45, 2.75) is 52.7 Å². The van der Waals surface area contributed by atoms with Crippen molar-refractivity contribution < 1.29 is 9.84 Å². The van der Waals surface area contributed by atoms with E-state index in [-0.39, 0.29) is 0 Å². The molecule has 0 bridgehead atoms. The second-order valence-electron chi connectivity index (χ2n) is 4.91. The zero-order chi connectivity index (χ0) is 10.6. The summed E-state index contributed by atoms with van der Waals surface area (Å²) in [6, 6.07) is 0. The first kappa shape index (κ1) is 12.0. The molecule has 0 aromatic heterocycles. The lowest BCUT2D eigenvalue weighted by Crippen LogP contribution is -2.23. The maximum Gasteiger partial charge on any atom is 0.151 e. The molecule has 0 aromatic rings. The third-order valence-electron chi connectivity index (χ3n) is 3.46. The van der Waals surface area contributed by atoms with E-state index in [9.17, 15) is 0 Å². The molecule has 0 amide bonds. The monoisotopic (exact) mass is 200 g/mol. The molecule has 2 heteroatoms. The summed E-state index contributed by atoms with van der Waals surface area (Å²) in [7, 11) is 0. The number of hydrogen-bond acceptors (Lipinski definition) is 2. The molecular formula is C12H24O2. The van der Waals surface area contributed by atoms with E-state index in [0.717, 1.165) is 24.2 Å². The van der Waals surface area contributed by atoms with Crippen LogP contribution >= 0.6 is 0 Å². The lowest BCUT2D eigenvalue weighted by atomic mass is 9.74. The minimum atomic E-state index is -0.604. The van der Waals surface area contributed by atoms with Crippen LogP contribution in [0.3, 0.4) is 0 Å². The van der Waals surface area contributed by atoms with Crippen molar-refractivity contribution in [3.8, 4) is 0 Å². The first-order chi connectivity index (χ1) is 6.59. The van der Waals surface area contributed by atoms with Gasteiger partial charge in [0.25, 0.3) is 0 Å². The van der Waals surface area contributed by atoms with Gasteiger partial charge in [-0.25, -0.2) is 0 Å². The highest BCUT2D eigenvalue weighted by Crippen LogP contribution is 2.35. The highest BCUT2D eigenvalue weighted by Gasteiger charge is 2.24. The standard InChI is InChI=1S/C12H24O2/c1-9-4-5-12(10(2)8-9)6-7-14-11(3)13/h9-13H,4-8H2,1-3H3. The van der Waals surface area contributed by atoms with E-state index in [4.69, 9.17) is 9.84 Å². The molecule has 2 nitrogen and oxygen atoms in total. The van der Waals surface area contributed by atoms with Crippen molar-refractivity contribution in [1.29, 1.82) is 0 Å². The Kier molecular flexibility index (Phi) is 4.90. The maximum atomic E-state index is 8.97. The summed E-state index contributed by atoms with van der Waals surface area (Å²) in [5.41, 5.74) is 0. The molecule has 1 aliphatic rings. The van der Waals surface area contributed by atoms with Crippen molar-refractivity contribution in [2.24, 2.45) is 17.8 Å². The van der Waals surface area contributed by atoms with Crippen molar-refractivity contribution >= 4 is 0 Å². The fraction of sp³-hybridized carbons (Fsp3) is 1.00. The topological polar surface area (TPSA) is 29.5 Å². The van der Waals surface area contributed by atoms with Gasteiger partial charge in [-0.05, 0) is 43.9 Å². The average Bonchev–Trinajstić information content (AvgIpc) is 2.08. The van der Waals surface area contributed by atoms with Gasteiger partial charge in [0.05, 0.1) is 0 Å². The largest absolute Gasteiger partial charge is 0.368 e. The van der Waals surface area contributed by atoms with Crippen LogP contribution in [-0.4, -0.2) is 18.0 Å². The minimum absolute atomic E-state index is 0.604. The highest BCUT2D eigenvalue weighted by molar-refractivity contribution is 4.75. The number of aliphatic hydroxyl groups excluding tert-OH is 1. The zero-order valence-corrected chi connectivity index (χ0v) is 9.70. The number of aliphatic hydroxyl groups is 1. The Morgan fingerprint density at radius 2 is 2.07 bits per heavy atom. The van der Waals surface area contributed by atoms with Crippen LogP contribution in [0.25, 0.3) is 0 Å². The Labute approximate surface area is 87.7 Å². The number of hydrogen-bond donors (Lipinski definition) is 1. The van der Waals surface area contributed by atoms with Crippen LogP contribution in [0, 0.1) is 17.8 Å². The van der Waals surface area contributed by atoms with Gasteiger partial charge in [0.1, 0.15) is 0 Å². The Bertz CT molecular complexity index is 156. The molecule has 14 heavy (non-hydrogen) atoms. The summed E-state index contributed by atoms with van der Waals surface area (Å²) >= 11 is 0. The van der Waals surface area contributed by atoms with Crippen LogP contribution in [0.15, 0.2) is 0 Å². The molecule has 1 fully saturated rings. The molecule has 0 aromatic carbocycles. The fourth-order valence-electron chi connectivity index (χ4n) is 2.55. The van der Waals surface area contributed by atoms with Crippen molar-refractivity contribution in [2.75, 3.05) is 6.61 Å². The molecule has 1 aliphatic carbocycles. The molecule has 0 saturated heterocycles. The Morgan fingerprint density at radius 1 is 1.36 bits per heavy atom. The third kappa shape index (κ3) is 3.97. The minimum Gasteiger partial charge on any atom is -0.368 e. The molecule has 0 aliphatic heterocycles. The quantitative estimate of drug-likeness (QED) is 0.707. The number of rotatable bonds is 4. The van der Waals surface area contributed by atoms with Gasteiger partial charge in [0.15, 0.2) is 6.29 Å². The first-order valence-corrected chi connectivity index (χ1v) is 5.89. The van der Waals surface area contributed by atoms with Gasteiger partial charge in [0, 0.05) is 6.61 Å². The zero-order valence-electron chi connectivity index (χ0n) is 9.70. The smallest absolute Gasteiger partial charge is 0.151 e. The van der Waals surface area contributed by atoms with E-state index < -0.39 is 6.29 Å². The maximum absolute atomic E-state index is 8.97. The van der Waals surface area contributed by atoms with Gasteiger partial charge in [0.2, 0.25) is 0 Å². The second-order valence-corrected chi connectivity index (χ2v) is 4.91. The molecule has 0 radical (unpaired) electrons. The lowest BCUT2D eigenvalue weighted by molar-refractivity contribution is -0.0905. The molecule has 1 saturated carbocycles. The van der Waals surface area contributed by atoms with Crippen molar-refractivity contribution in [1.82, 2.24) is 0 Å². The third-order valence-corrected chi connectivity index (χ3v) is 3.46. The summed E-state index contributed by atoms with van der Waals surface area (Å²) in [4.78, 5) is 0. The molecule has 4 atom stereocenters. The highest BCUT2D eigenvalue weighted by atomic mass is 16.6. The van der Waals surface area contributed by atoms with Crippen LogP contribution < -0.4 is 0 Å². The normalized spacial score (nSPS) is 35.6. The van der Waals surface area contributed by atoms with E-state index in [1.807, 2.05) is 0 Å². The van der Waals surface area contributed by atoms with Crippen molar-refractivity contribution in [3.63, 3.8) is 0 Å². The van der Waals surface area contributed by atoms with Crippen LogP contribution in [-0.2, 0) is 4.74 Å². The van der Waals surface area contributed by atoms with E-state index in [1.165, 1.54) is 19.3 Å². The summed E-state index contributed by atoms with van der Waals surface area (Å²) < 4.78 is 5.18. The van der Waals surface area contributed by atoms with Gasteiger partial charge in [-0.3, -0.25) is 0 Å². The summed E-state index contributed by atoms with van der Waals surface area (Å²) in [6.07, 6.45) is 4.57. The molecule has 1 N–H and O–H groups in total. The average molecular weight is 200 g/mol. The van der Waals surface area contributed by atoms with Gasteiger partial charge >= 0.3 is 0 Å². The predicted molar refractivity (Wildman–Crippen MR) is 57.9 cm³/mol. The lowest BCUT2D eigenvalue weighted by Gasteiger charge is -2.32. The molecule has 1 rings (SSSR count). The Morgan fingerprint density at radius 3 is 2.64 bits per heavy atom.